The van der Waals surface area contributed by atoms with E-state index in [1.54, 1.807) is 11.0 Å². The molecule has 1 aromatic carbocycles. The summed E-state index contributed by atoms with van der Waals surface area (Å²) < 4.78 is 5.33. The number of likely N-dealkylation sites (tertiary alicyclic amines) is 1. The summed E-state index contributed by atoms with van der Waals surface area (Å²) in [5.74, 6) is -0.0354. The SMILES string of the molecule is O=C(/C=C/c1ccccc1)N1CC[C@](O)(CN2CCOCC2)C1. The Balaban J connectivity index is 1.53. The molecule has 1 atom stereocenters. The van der Waals surface area contributed by atoms with Gasteiger partial charge in [0.15, 0.2) is 0 Å². The quantitative estimate of drug-likeness (QED) is 0.842. The summed E-state index contributed by atoms with van der Waals surface area (Å²) in [4.78, 5) is 16.2. The standard InChI is InChI=1S/C18H24N2O3/c21-17(7-6-16-4-2-1-3-5-16)20-9-8-18(22,15-20)14-19-10-12-23-13-11-19/h1-7,22H,8-15H2/b7-6+/t18-/m0/s1. The van der Waals surface area contributed by atoms with Crippen LogP contribution in [0.15, 0.2) is 36.4 Å². The van der Waals surface area contributed by atoms with Crippen LogP contribution in [0.2, 0.25) is 0 Å². The molecule has 2 fully saturated rings. The lowest BCUT2D eigenvalue weighted by atomic mass is 10.0. The molecule has 0 saturated carbocycles. The summed E-state index contributed by atoms with van der Waals surface area (Å²) >= 11 is 0. The van der Waals surface area contributed by atoms with Crippen molar-refractivity contribution in [2.45, 2.75) is 12.0 Å². The van der Waals surface area contributed by atoms with E-state index in [0.29, 0.717) is 26.1 Å². The van der Waals surface area contributed by atoms with Crippen molar-refractivity contribution in [1.82, 2.24) is 9.80 Å². The predicted molar refractivity (Wildman–Crippen MR) is 88.9 cm³/mol. The number of hydrogen-bond donors (Lipinski definition) is 1. The normalized spacial score (nSPS) is 26.0. The van der Waals surface area contributed by atoms with Crippen LogP contribution in [-0.2, 0) is 9.53 Å². The topological polar surface area (TPSA) is 53.0 Å². The van der Waals surface area contributed by atoms with Crippen molar-refractivity contribution in [3.05, 3.63) is 42.0 Å². The number of benzene rings is 1. The fourth-order valence-electron chi connectivity index (χ4n) is 3.19. The summed E-state index contributed by atoms with van der Waals surface area (Å²) in [6.45, 7) is 4.77. The van der Waals surface area contributed by atoms with E-state index in [2.05, 4.69) is 4.90 Å². The summed E-state index contributed by atoms with van der Waals surface area (Å²) in [7, 11) is 0. The Morgan fingerprint density at radius 1 is 1.22 bits per heavy atom. The number of carbonyl (C=O) groups is 1. The second kappa shape index (κ2) is 7.25. The number of amides is 1. The number of nitrogens with zero attached hydrogens (tertiary/aromatic N) is 2. The molecule has 0 spiro atoms. The first-order chi connectivity index (χ1) is 11.1. The highest BCUT2D eigenvalue weighted by atomic mass is 16.5. The maximum absolute atomic E-state index is 12.3. The second-order valence-corrected chi connectivity index (χ2v) is 6.37. The van der Waals surface area contributed by atoms with E-state index in [0.717, 1.165) is 31.9 Å². The van der Waals surface area contributed by atoms with Crippen molar-refractivity contribution in [3.63, 3.8) is 0 Å². The molecule has 5 heteroatoms. The van der Waals surface area contributed by atoms with Gasteiger partial charge in [-0.25, -0.2) is 0 Å². The molecule has 2 saturated heterocycles. The number of β-amino-alcohol motifs (C(OH)–C–C–N with tert-alkyl or cyclic N) is 1. The minimum Gasteiger partial charge on any atom is -0.387 e. The van der Waals surface area contributed by atoms with Gasteiger partial charge in [0, 0.05) is 32.3 Å². The highest BCUT2D eigenvalue weighted by molar-refractivity contribution is 5.92. The van der Waals surface area contributed by atoms with Crippen molar-refractivity contribution in [2.75, 3.05) is 45.9 Å². The highest BCUT2D eigenvalue weighted by Crippen LogP contribution is 2.23. The lowest BCUT2D eigenvalue weighted by molar-refractivity contribution is -0.126. The maximum atomic E-state index is 12.3. The van der Waals surface area contributed by atoms with Crippen LogP contribution in [-0.4, -0.2) is 72.4 Å². The molecule has 1 N–H and O–H groups in total. The first-order valence-corrected chi connectivity index (χ1v) is 8.19. The Morgan fingerprint density at radius 2 is 1.96 bits per heavy atom. The molecule has 23 heavy (non-hydrogen) atoms. The van der Waals surface area contributed by atoms with E-state index in [1.165, 1.54) is 0 Å². The fraction of sp³-hybridized carbons (Fsp3) is 0.500. The lowest BCUT2D eigenvalue weighted by Gasteiger charge is -2.33. The Morgan fingerprint density at radius 3 is 2.70 bits per heavy atom. The van der Waals surface area contributed by atoms with Gasteiger partial charge in [0.2, 0.25) is 5.91 Å². The van der Waals surface area contributed by atoms with Crippen LogP contribution < -0.4 is 0 Å². The van der Waals surface area contributed by atoms with Gasteiger partial charge in [-0.05, 0) is 18.1 Å². The van der Waals surface area contributed by atoms with Crippen LogP contribution in [0.5, 0.6) is 0 Å². The molecule has 1 aromatic rings. The van der Waals surface area contributed by atoms with Crippen LogP contribution in [0, 0.1) is 0 Å². The Hall–Kier alpha value is -1.69. The van der Waals surface area contributed by atoms with Crippen molar-refractivity contribution in [1.29, 1.82) is 0 Å². The van der Waals surface area contributed by atoms with Crippen molar-refractivity contribution < 1.29 is 14.6 Å². The molecular weight excluding hydrogens is 292 g/mol. The third-order valence-corrected chi connectivity index (χ3v) is 4.48. The van der Waals surface area contributed by atoms with Gasteiger partial charge in [0.05, 0.1) is 25.4 Å². The number of ether oxygens (including phenoxy) is 1. The fourth-order valence-corrected chi connectivity index (χ4v) is 3.19. The molecule has 0 aliphatic carbocycles. The summed E-state index contributed by atoms with van der Waals surface area (Å²) in [6.07, 6.45) is 4.05. The second-order valence-electron chi connectivity index (χ2n) is 6.37. The number of morpholine rings is 1. The third-order valence-electron chi connectivity index (χ3n) is 4.48. The van der Waals surface area contributed by atoms with Gasteiger partial charge in [-0.1, -0.05) is 30.3 Å². The summed E-state index contributed by atoms with van der Waals surface area (Å²) in [5.41, 5.74) is 0.205. The number of carbonyl (C=O) groups excluding carboxylic acids is 1. The number of aliphatic hydroxyl groups is 1. The minimum atomic E-state index is -0.798. The van der Waals surface area contributed by atoms with Gasteiger partial charge in [-0.2, -0.15) is 0 Å². The Kier molecular flexibility index (Phi) is 5.10. The molecule has 1 amide bonds. The third kappa shape index (κ3) is 4.41. The zero-order valence-electron chi connectivity index (χ0n) is 13.4. The molecule has 124 valence electrons. The van der Waals surface area contributed by atoms with Gasteiger partial charge < -0.3 is 14.7 Å². The molecular formula is C18H24N2O3. The lowest BCUT2D eigenvalue weighted by Crippen LogP contribution is -2.49. The van der Waals surface area contributed by atoms with Crippen molar-refractivity contribution in [2.24, 2.45) is 0 Å². The number of hydrogen-bond acceptors (Lipinski definition) is 4. The molecule has 0 unspecified atom stereocenters. The summed E-state index contributed by atoms with van der Waals surface area (Å²) in [5, 5.41) is 10.7. The van der Waals surface area contributed by atoms with Crippen LogP contribution in [0.4, 0.5) is 0 Å². The number of rotatable bonds is 4. The Bertz CT molecular complexity index is 555. The first-order valence-electron chi connectivity index (χ1n) is 8.19. The Labute approximate surface area is 137 Å². The van der Waals surface area contributed by atoms with E-state index >= 15 is 0 Å². The molecule has 3 rings (SSSR count). The predicted octanol–water partition coefficient (Wildman–Crippen LogP) is 0.995. The zero-order chi connectivity index (χ0) is 16.1. The molecule has 2 aliphatic heterocycles. The van der Waals surface area contributed by atoms with E-state index < -0.39 is 5.60 Å². The van der Waals surface area contributed by atoms with Gasteiger partial charge in [0.1, 0.15) is 0 Å². The van der Waals surface area contributed by atoms with E-state index in [9.17, 15) is 9.90 Å². The van der Waals surface area contributed by atoms with Crippen molar-refractivity contribution in [3.8, 4) is 0 Å². The van der Waals surface area contributed by atoms with E-state index in [1.807, 2.05) is 36.4 Å². The largest absolute Gasteiger partial charge is 0.387 e. The molecule has 5 nitrogen and oxygen atoms in total. The maximum Gasteiger partial charge on any atom is 0.246 e. The molecule has 2 heterocycles. The zero-order valence-corrected chi connectivity index (χ0v) is 13.4. The molecule has 2 aliphatic rings. The monoisotopic (exact) mass is 316 g/mol. The average molecular weight is 316 g/mol. The van der Waals surface area contributed by atoms with Crippen LogP contribution in [0.25, 0.3) is 6.08 Å². The van der Waals surface area contributed by atoms with Crippen molar-refractivity contribution >= 4 is 12.0 Å². The van der Waals surface area contributed by atoms with Gasteiger partial charge >= 0.3 is 0 Å². The van der Waals surface area contributed by atoms with Crippen LogP contribution in [0.1, 0.15) is 12.0 Å². The van der Waals surface area contributed by atoms with Gasteiger partial charge in [-0.3, -0.25) is 9.69 Å². The van der Waals surface area contributed by atoms with E-state index in [-0.39, 0.29) is 5.91 Å². The minimum absolute atomic E-state index is 0.0354. The first kappa shape index (κ1) is 16.2. The van der Waals surface area contributed by atoms with Gasteiger partial charge in [0.25, 0.3) is 0 Å². The molecule has 0 aromatic heterocycles. The van der Waals surface area contributed by atoms with Crippen LogP contribution >= 0.6 is 0 Å². The molecule has 0 radical (unpaired) electrons. The summed E-state index contributed by atoms with van der Waals surface area (Å²) in [6, 6.07) is 9.76. The van der Waals surface area contributed by atoms with Gasteiger partial charge in [-0.15, -0.1) is 0 Å². The highest BCUT2D eigenvalue weighted by Gasteiger charge is 2.39. The smallest absolute Gasteiger partial charge is 0.246 e. The average Bonchev–Trinajstić information content (AvgIpc) is 2.96. The van der Waals surface area contributed by atoms with Crippen LogP contribution in [0.3, 0.4) is 0 Å². The van der Waals surface area contributed by atoms with E-state index in [4.69, 9.17) is 4.74 Å². The molecule has 0 bridgehead atoms.